The van der Waals surface area contributed by atoms with Crippen molar-refractivity contribution in [3.05, 3.63) is 87.4 Å². The zero-order chi connectivity index (χ0) is 44.2. The van der Waals surface area contributed by atoms with Crippen molar-refractivity contribution in [1.82, 2.24) is 15.1 Å². The minimum Gasteiger partial charge on any atom is -0.507 e. The van der Waals surface area contributed by atoms with Gasteiger partial charge in [-0.15, -0.1) is 0 Å². The first kappa shape index (κ1) is 45.7. The number of amides is 5. The molecule has 3 aliphatic heterocycles. The molecule has 62 heavy (non-hydrogen) atoms. The Morgan fingerprint density at radius 2 is 1.66 bits per heavy atom. The van der Waals surface area contributed by atoms with E-state index in [1.54, 1.807) is 36.4 Å². The van der Waals surface area contributed by atoms with E-state index >= 15 is 0 Å². The Kier molecular flexibility index (Phi) is 16.1. The summed E-state index contributed by atoms with van der Waals surface area (Å²) >= 11 is 6.53. The number of allylic oxidation sites excluding steroid dienone is 1. The van der Waals surface area contributed by atoms with Crippen LogP contribution in [0.15, 0.2) is 54.6 Å². The number of fused-ring (bicyclic) bond motifs is 1. The molecule has 2 saturated heterocycles. The van der Waals surface area contributed by atoms with Crippen molar-refractivity contribution in [3.8, 4) is 17.2 Å². The van der Waals surface area contributed by atoms with E-state index in [9.17, 15) is 33.9 Å². The van der Waals surface area contributed by atoms with Gasteiger partial charge in [0.15, 0.2) is 5.78 Å². The van der Waals surface area contributed by atoms with Gasteiger partial charge < -0.3 is 39.8 Å². The second-order valence-corrected chi connectivity index (χ2v) is 15.0. The Balaban J connectivity index is 0.847. The van der Waals surface area contributed by atoms with E-state index in [1.165, 1.54) is 18.2 Å². The molecule has 0 aromatic heterocycles. The van der Waals surface area contributed by atoms with E-state index in [0.29, 0.717) is 87.6 Å². The van der Waals surface area contributed by atoms with Crippen LogP contribution in [-0.2, 0) is 35.1 Å². The summed E-state index contributed by atoms with van der Waals surface area (Å²) in [7, 11) is 0. The summed E-state index contributed by atoms with van der Waals surface area (Å²) in [5.41, 5.74) is 7.95. The van der Waals surface area contributed by atoms with Crippen LogP contribution in [0.25, 0.3) is 6.08 Å². The first-order chi connectivity index (χ1) is 30.0. The van der Waals surface area contributed by atoms with Gasteiger partial charge in [0.05, 0.1) is 69.0 Å². The molecule has 0 spiro atoms. The number of ether oxygens (including phenoxy) is 5. The van der Waals surface area contributed by atoms with Gasteiger partial charge in [0.1, 0.15) is 29.9 Å². The monoisotopic (exact) mass is 875 g/mol. The smallest absolute Gasteiger partial charge is 0.266 e. The average molecular weight is 876 g/mol. The molecular formula is C44H50ClN5O12. The van der Waals surface area contributed by atoms with Gasteiger partial charge in [0, 0.05) is 41.9 Å². The van der Waals surface area contributed by atoms with E-state index in [0.717, 1.165) is 17.0 Å². The van der Waals surface area contributed by atoms with Crippen molar-refractivity contribution < 1.29 is 57.6 Å². The highest BCUT2D eigenvalue weighted by molar-refractivity contribution is 6.32. The van der Waals surface area contributed by atoms with Crippen molar-refractivity contribution in [3.63, 3.8) is 0 Å². The number of carbonyl (C=O) groups excluding carboxylic acids is 6. The molecule has 5 amide bonds. The Morgan fingerprint density at radius 1 is 0.919 bits per heavy atom. The third-order valence-electron chi connectivity index (χ3n) is 10.5. The van der Waals surface area contributed by atoms with Gasteiger partial charge in [-0.1, -0.05) is 23.7 Å². The quantitative estimate of drug-likeness (QED) is 0.0461. The highest BCUT2D eigenvalue weighted by atomic mass is 35.5. The largest absolute Gasteiger partial charge is 0.507 e. The SMILES string of the molecule is CCOc1cc(O)c(C(=O)/C=C/c2ccc(NCCOCCOCCOCCOc3cccc4c3C(=O)N(C3CCC(=O)NC3=O)C4=O)cc2Cl)cc1CN1CCC[C@H]1C(N)=O. The number of nitrogens with zero attached hydrogens (tertiary/aromatic N) is 2. The molecule has 0 bridgehead atoms. The zero-order valence-corrected chi connectivity index (χ0v) is 35.1. The number of ketones is 1. The van der Waals surface area contributed by atoms with E-state index in [4.69, 9.17) is 41.0 Å². The van der Waals surface area contributed by atoms with Gasteiger partial charge in [0.2, 0.25) is 17.7 Å². The van der Waals surface area contributed by atoms with Crippen LogP contribution >= 0.6 is 11.6 Å². The first-order valence-corrected chi connectivity index (χ1v) is 20.8. The summed E-state index contributed by atoms with van der Waals surface area (Å²) < 4.78 is 28.2. The fraction of sp³-hybridized carbons (Fsp3) is 0.409. The summed E-state index contributed by atoms with van der Waals surface area (Å²) in [6.07, 6.45) is 4.53. The predicted molar refractivity (Wildman–Crippen MR) is 226 cm³/mol. The molecule has 17 nitrogen and oxygen atoms in total. The van der Waals surface area contributed by atoms with Crippen LogP contribution in [0.4, 0.5) is 5.69 Å². The number of phenols is 1. The number of piperidine rings is 1. The molecule has 2 atom stereocenters. The van der Waals surface area contributed by atoms with Gasteiger partial charge in [-0.2, -0.15) is 0 Å². The van der Waals surface area contributed by atoms with Gasteiger partial charge >= 0.3 is 0 Å². The Hall–Kier alpha value is -5.85. The molecule has 18 heteroatoms. The minimum absolute atomic E-state index is 0.0346. The highest BCUT2D eigenvalue weighted by Crippen LogP contribution is 2.35. The van der Waals surface area contributed by atoms with Crippen molar-refractivity contribution in [2.75, 3.05) is 71.3 Å². The molecule has 6 rings (SSSR count). The Morgan fingerprint density at radius 3 is 2.37 bits per heavy atom. The normalized spacial score (nSPS) is 17.7. The molecule has 0 radical (unpaired) electrons. The number of anilines is 1. The number of benzene rings is 3. The topological polar surface area (TPSA) is 225 Å². The van der Waals surface area contributed by atoms with Crippen LogP contribution in [0, 0.1) is 0 Å². The molecular weight excluding hydrogens is 826 g/mol. The highest BCUT2D eigenvalue weighted by Gasteiger charge is 2.46. The second-order valence-electron chi connectivity index (χ2n) is 14.6. The number of carbonyl (C=O) groups is 6. The Labute approximate surface area is 363 Å². The molecule has 1 unspecified atom stereocenters. The van der Waals surface area contributed by atoms with Crippen molar-refractivity contribution in [1.29, 1.82) is 0 Å². The fourth-order valence-corrected chi connectivity index (χ4v) is 7.68. The molecule has 3 aromatic rings. The molecule has 330 valence electrons. The lowest BCUT2D eigenvalue weighted by Crippen LogP contribution is -2.54. The predicted octanol–water partition coefficient (Wildman–Crippen LogP) is 3.73. The summed E-state index contributed by atoms with van der Waals surface area (Å²) in [4.78, 5) is 78.1. The maximum Gasteiger partial charge on any atom is 0.266 e. The first-order valence-electron chi connectivity index (χ1n) is 20.4. The van der Waals surface area contributed by atoms with Crippen molar-refractivity contribution in [2.24, 2.45) is 5.73 Å². The maximum atomic E-state index is 13.2. The van der Waals surface area contributed by atoms with Crippen LogP contribution in [0.3, 0.4) is 0 Å². The molecule has 3 aliphatic rings. The number of phenolic OH excluding ortho intramolecular Hbond substituents is 1. The lowest BCUT2D eigenvalue weighted by molar-refractivity contribution is -0.136. The van der Waals surface area contributed by atoms with Crippen LogP contribution in [0.2, 0.25) is 5.02 Å². The van der Waals surface area contributed by atoms with Gasteiger partial charge in [-0.3, -0.25) is 43.9 Å². The van der Waals surface area contributed by atoms with E-state index in [2.05, 4.69) is 10.6 Å². The van der Waals surface area contributed by atoms with Crippen molar-refractivity contribution in [2.45, 2.75) is 51.2 Å². The lowest BCUT2D eigenvalue weighted by atomic mass is 10.0. The van der Waals surface area contributed by atoms with Crippen molar-refractivity contribution >= 4 is 58.7 Å². The fourth-order valence-electron chi connectivity index (χ4n) is 7.43. The van der Waals surface area contributed by atoms with E-state index in [-0.39, 0.29) is 54.2 Å². The second kappa shape index (κ2) is 21.8. The third-order valence-corrected chi connectivity index (χ3v) is 10.8. The van der Waals surface area contributed by atoms with E-state index in [1.807, 2.05) is 17.9 Å². The summed E-state index contributed by atoms with van der Waals surface area (Å²) in [6, 6.07) is 11.6. The number of likely N-dealkylation sites (tertiary alicyclic amines) is 1. The molecule has 0 saturated carbocycles. The third kappa shape index (κ3) is 11.3. The maximum absolute atomic E-state index is 13.2. The number of primary amides is 1. The van der Waals surface area contributed by atoms with Crippen LogP contribution in [0.5, 0.6) is 17.2 Å². The molecule has 3 heterocycles. The number of aromatic hydroxyl groups is 1. The average Bonchev–Trinajstić information content (AvgIpc) is 3.82. The number of nitrogens with two attached hydrogens (primary N) is 1. The minimum atomic E-state index is -1.06. The number of hydrogen-bond donors (Lipinski definition) is 4. The summed E-state index contributed by atoms with van der Waals surface area (Å²) in [6.45, 7) is 5.76. The van der Waals surface area contributed by atoms with Crippen LogP contribution in [-0.4, -0.2) is 128 Å². The van der Waals surface area contributed by atoms with Crippen LogP contribution in [0.1, 0.15) is 74.8 Å². The number of rotatable bonds is 23. The van der Waals surface area contributed by atoms with E-state index < -0.39 is 47.4 Å². The summed E-state index contributed by atoms with van der Waals surface area (Å²) in [5.74, 6) is -2.75. The van der Waals surface area contributed by atoms with Gasteiger partial charge in [-0.25, -0.2) is 0 Å². The standard InChI is InChI=1S/C44H50ClN5O12/c1-2-61-38-25-36(52)31(23-28(38)26-49-15-4-6-33(49)41(46)54)35(51)12-9-27-8-10-29(24-32(27)45)47-14-16-58-17-18-59-19-20-60-21-22-62-37-7-3-5-30-40(37)44(57)50(43(30)56)34-11-13-39(53)48-42(34)55/h3,5,7-10,12,23-25,33-34,47,52H,2,4,6,11,13-22,26H2,1H3,(H2,46,54)(H,48,53,55)/b12-9+/t33-,34?/m0/s1. The molecule has 5 N–H and O–H groups in total. The lowest BCUT2D eigenvalue weighted by Gasteiger charge is -2.27. The zero-order valence-electron chi connectivity index (χ0n) is 34.3. The van der Waals surface area contributed by atoms with Gasteiger partial charge in [-0.05, 0) is 80.8 Å². The molecule has 0 aliphatic carbocycles. The summed E-state index contributed by atoms with van der Waals surface area (Å²) in [5, 5.41) is 16.5. The number of nitrogens with one attached hydrogen (secondary N) is 2. The Bertz CT molecular complexity index is 2200. The molecule has 2 fully saturated rings. The van der Waals surface area contributed by atoms with Gasteiger partial charge in [0.25, 0.3) is 11.8 Å². The number of hydrogen-bond acceptors (Lipinski definition) is 14. The van der Waals surface area contributed by atoms with Crippen LogP contribution < -0.4 is 25.8 Å². The number of imide groups is 2. The molecule has 3 aromatic carbocycles. The number of halogens is 1.